The molecule has 7 heteroatoms. The first-order valence-corrected chi connectivity index (χ1v) is 10.1. The fraction of sp³-hybridized carbons (Fsp3) is 0.182. The van der Waals surface area contributed by atoms with Crippen LogP contribution in [0.3, 0.4) is 0 Å². The number of hydroxylamine groups is 1. The molecule has 3 aromatic carbocycles. The Hall–Kier alpha value is -3.16. The highest BCUT2D eigenvalue weighted by molar-refractivity contribution is 7.18. The molecule has 4 rings (SSSR count). The Balaban J connectivity index is 1.44. The van der Waals surface area contributed by atoms with Crippen molar-refractivity contribution in [3.8, 4) is 5.75 Å². The fourth-order valence-electron chi connectivity index (χ4n) is 3.17. The Labute approximate surface area is 172 Å². The lowest BCUT2D eigenvalue weighted by Crippen LogP contribution is -2.35. The summed E-state index contributed by atoms with van der Waals surface area (Å²) >= 11 is 1.65. The number of hydrogen-bond donors (Lipinski definition) is 3. The van der Waals surface area contributed by atoms with E-state index in [9.17, 15) is 4.79 Å². The van der Waals surface area contributed by atoms with Crippen LogP contribution >= 0.6 is 11.3 Å². The number of nitrogens with one attached hydrogen (secondary N) is 2. The van der Waals surface area contributed by atoms with Gasteiger partial charge in [-0.05, 0) is 46.5 Å². The second kappa shape index (κ2) is 8.46. The van der Waals surface area contributed by atoms with E-state index in [1.54, 1.807) is 16.8 Å². The minimum Gasteiger partial charge on any atom is -0.486 e. The van der Waals surface area contributed by atoms with Crippen LogP contribution in [0.5, 0.6) is 5.75 Å². The zero-order valence-corrected chi connectivity index (χ0v) is 16.7. The molecule has 2 amide bonds. The van der Waals surface area contributed by atoms with Gasteiger partial charge in [0.25, 0.3) is 0 Å². The van der Waals surface area contributed by atoms with E-state index >= 15 is 0 Å². The Bertz CT molecular complexity index is 1130. The number of hydrogen-bond acceptors (Lipinski definition) is 5. The first-order chi connectivity index (χ1) is 14.1. The lowest BCUT2D eigenvalue weighted by atomic mass is 9.97. The summed E-state index contributed by atoms with van der Waals surface area (Å²) in [6.45, 7) is 2.90. The highest BCUT2D eigenvalue weighted by Gasteiger charge is 2.09. The van der Waals surface area contributed by atoms with Crippen LogP contribution in [0.1, 0.15) is 23.4 Å². The van der Waals surface area contributed by atoms with Gasteiger partial charge in [0.15, 0.2) is 0 Å². The number of carbonyl (C=O) groups is 1. The van der Waals surface area contributed by atoms with Crippen molar-refractivity contribution in [3.63, 3.8) is 0 Å². The molecule has 0 aliphatic heterocycles. The number of ether oxygens (including phenoxy) is 1. The van der Waals surface area contributed by atoms with Crippen LogP contribution < -0.4 is 15.5 Å². The molecule has 1 atom stereocenters. The molecule has 148 valence electrons. The van der Waals surface area contributed by atoms with E-state index < -0.39 is 6.03 Å². The second-order valence-electron chi connectivity index (χ2n) is 6.86. The van der Waals surface area contributed by atoms with Gasteiger partial charge < -0.3 is 10.1 Å². The van der Waals surface area contributed by atoms with Gasteiger partial charge in [-0.1, -0.05) is 43.3 Å². The molecule has 4 aromatic rings. The highest BCUT2D eigenvalue weighted by atomic mass is 32.1. The topological polar surface area (TPSA) is 83.5 Å². The summed E-state index contributed by atoms with van der Waals surface area (Å²) in [7, 11) is 0. The molecule has 3 N–H and O–H groups in total. The van der Waals surface area contributed by atoms with E-state index in [1.807, 2.05) is 49.4 Å². The number of nitrogens with zero attached hydrogens (tertiary/aromatic N) is 1. The van der Waals surface area contributed by atoms with Gasteiger partial charge in [-0.2, -0.15) is 0 Å². The lowest BCUT2D eigenvalue weighted by molar-refractivity contribution is 0.161. The number of carbonyl (C=O) groups excluding carboxylic acids is 1. The largest absolute Gasteiger partial charge is 0.486 e. The van der Waals surface area contributed by atoms with Gasteiger partial charge in [-0.25, -0.2) is 15.3 Å². The van der Waals surface area contributed by atoms with Crippen molar-refractivity contribution >= 4 is 38.4 Å². The Morgan fingerprint density at radius 3 is 2.76 bits per heavy atom. The summed E-state index contributed by atoms with van der Waals surface area (Å²) in [5, 5.41) is 14.3. The maximum atomic E-state index is 11.1. The summed E-state index contributed by atoms with van der Waals surface area (Å²) in [5.41, 5.74) is 3.68. The number of aromatic nitrogens is 1. The van der Waals surface area contributed by atoms with Crippen LogP contribution in [0.2, 0.25) is 0 Å². The fourth-order valence-corrected chi connectivity index (χ4v) is 4.05. The molecule has 0 bridgehead atoms. The number of fused-ring (bicyclic) bond motifs is 2. The predicted octanol–water partition coefficient (Wildman–Crippen LogP) is 4.82. The van der Waals surface area contributed by atoms with Crippen molar-refractivity contribution in [2.75, 3.05) is 6.54 Å². The maximum Gasteiger partial charge on any atom is 0.338 e. The van der Waals surface area contributed by atoms with Gasteiger partial charge in [0.1, 0.15) is 17.4 Å². The average Bonchev–Trinajstić information content (AvgIpc) is 3.18. The lowest BCUT2D eigenvalue weighted by Gasteiger charge is -2.14. The number of amides is 2. The molecule has 0 fully saturated rings. The third kappa shape index (κ3) is 4.47. The molecule has 0 saturated heterocycles. The van der Waals surface area contributed by atoms with Gasteiger partial charge in [0.05, 0.1) is 10.2 Å². The molecular formula is C22H21N3O3S. The summed E-state index contributed by atoms with van der Waals surface area (Å²) in [5.74, 6) is 0.922. The van der Waals surface area contributed by atoms with Gasteiger partial charge in [0.2, 0.25) is 0 Å². The minimum atomic E-state index is -0.604. The Morgan fingerprint density at radius 1 is 1.14 bits per heavy atom. The van der Waals surface area contributed by atoms with Gasteiger partial charge >= 0.3 is 6.03 Å². The van der Waals surface area contributed by atoms with Crippen LogP contribution in [0.15, 0.2) is 60.7 Å². The summed E-state index contributed by atoms with van der Waals surface area (Å²) in [6, 6.07) is 19.7. The van der Waals surface area contributed by atoms with Crippen molar-refractivity contribution < 1.29 is 14.7 Å². The number of urea groups is 1. The van der Waals surface area contributed by atoms with Gasteiger partial charge in [-0.3, -0.25) is 5.21 Å². The Kier molecular flexibility index (Phi) is 5.59. The molecule has 1 unspecified atom stereocenters. The van der Waals surface area contributed by atoms with E-state index in [1.165, 1.54) is 0 Å². The maximum absolute atomic E-state index is 11.1. The Morgan fingerprint density at radius 2 is 1.93 bits per heavy atom. The molecule has 6 nitrogen and oxygen atoms in total. The zero-order valence-electron chi connectivity index (χ0n) is 15.9. The number of para-hydroxylation sites is 1. The van der Waals surface area contributed by atoms with E-state index in [4.69, 9.17) is 9.94 Å². The number of thiazole rings is 1. The van der Waals surface area contributed by atoms with Crippen LogP contribution in [0.4, 0.5) is 4.79 Å². The van der Waals surface area contributed by atoms with Crippen molar-refractivity contribution in [2.24, 2.45) is 0 Å². The SMILES string of the molecule is CC(CNC(=O)NO)c1ccc2cc(OCc3nc4ccccc4s3)ccc2c1. The summed E-state index contributed by atoms with van der Waals surface area (Å²) in [6.07, 6.45) is 0. The molecule has 0 radical (unpaired) electrons. The molecule has 1 aromatic heterocycles. The number of benzene rings is 3. The first kappa shape index (κ1) is 19.2. The third-order valence-electron chi connectivity index (χ3n) is 4.78. The first-order valence-electron chi connectivity index (χ1n) is 9.31. The molecule has 0 saturated carbocycles. The van der Waals surface area contributed by atoms with Gasteiger partial charge in [-0.15, -0.1) is 11.3 Å². The monoisotopic (exact) mass is 407 g/mol. The number of rotatable bonds is 6. The zero-order chi connectivity index (χ0) is 20.2. The average molecular weight is 407 g/mol. The molecule has 1 heterocycles. The summed E-state index contributed by atoms with van der Waals surface area (Å²) < 4.78 is 7.12. The normalized spacial score (nSPS) is 12.1. The molecule has 0 aliphatic rings. The van der Waals surface area contributed by atoms with E-state index in [0.717, 1.165) is 37.3 Å². The standard InChI is InChI=1S/C22H21N3O3S/c1-14(12-23-22(26)25-27)15-6-7-17-11-18(9-8-16(17)10-15)28-13-21-24-19-4-2-3-5-20(19)29-21/h2-11,14,27H,12-13H2,1H3,(H2,23,25,26). The van der Waals surface area contributed by atoms with Crippen LogP contribution in [-0.2, 0) is 6.61 Å². The minimum absolute atomic E-state index is 0.117. The molecule has 0 spiro atoms. The van der Waals surface area contributed by atoms with Crippen molar-refractivity contribution in [1.82, 2.24) is 15.8 Å². The van der Waals surface area contributed by atoms with E-state index in [-0.39, 0.29) is 5.92 Å². The van der Waals surface area contributed by atoms with Crippen molar-refractivity contribution in [1.29, 1.82) is 0 Å². The smallest absolute Gasteiger partial charge is 0.338 e. The van der Waals surface area contributed by atoms with Crippen LogP contribution in [0, 0.1) is 0 Å². The summed E-state index contributed by atoms with van der Waals surface area (Å²) in [4.78, 5) is 15.7. The van der Waals surface area contributed by atoms with Crippen LogP contribution in [-0.4, -0.2) is 22.8 Å². The van der Waals surface area contributed by atoms with Crippen LogP contribution in [0.25, 0.3) is 21.0 Å². The van der Waals surface area contributed by atoms with E-state index in [0.29, 0.717) is 13.2 Å². The third-order valence-corrected chi connectivity index (χ3v) is 5.79. The second-order valence-corrected chi connectivity index (χ2v) is 7.97. The highest BCUT2D eigenvalue weighted by Crippen LogP contribution is 2.27. The molecule has 0 aliphatic carbocycles. The van der Waals surface area contributed by atoms with Gasteiger partial charge in [0, 0.05) is 6.54 Å². The molecule has 29 heavy (non-hydrogen) atoms. The van der Waals surface area contributed by atoms with E-state index in [2.05, 4.69) is 28.5 Å². The predicted molar refractivity (Wildman–Crippen MR) is 115 cm³/mol. The van der Waals surface area contributed by atoms with Crippen molar-refractivity contribution in [2.45, 2.75) is 19.4 Å². The van der Waals surface area contributed by atoms with Crippen molar-refractivity contribution in [3.05, 3.63) is 71.2 Å². The quantitative estimate of drug-likeness (QED) is 0.316. The molecular weight excluding hydrogens is 386 g/mol.